The highest BCUT2D eigenvalue weighted by atomic mass is 16.6. The first kappa shape index (κ1) is 17.0. The zero-order valence-corrected chi connectivity index (χ0v) is 13.0. The van der Waals surface area contributed by atoms with Gasteiger partial charge in [0.15, 0.2) is 0 Å². The fraction of sp³-hybridized carbons (Fsp3) is 0.500. The van der Waals surface area contributed by atoms with Crippen LogP contribution in [0.25, 0.3) is 0 Å². The quantitative estimate of drug-likeness (QED) is 0.875. The lowest BCUT2D eigenvalue weighted by atomic mass is 9.99. The summed E-state index contributed by atoms with van der Waals surface area (Å²) in [6.07, 6.45) is -0.233. The topological polar surface area (TPSA) is 75.6 Å². The lowest BCUT2D eigenvalue weighted by Crippen LogP contribution is -2.37. The summed E-state index contributed by atoms with van der Waals surface area (Å²) in [6.45, 7) is 7.29. The highest BCUT2D eigenvalue weighted by Crippen LogP contribution is 2.11. The standard InChI is InChI=1S/C16H23NO4/c1-11-5-7-12(8-6-11)9-13(14(18)19)10-17-15(20)21-16(2,3)4/h5-8,13H,9-10H2,1-4H3,(H,17,20)(H,18,19)/t13-/m0/s1. The number of ether oxygens (including phenoxy) is 1. The van der Waals surface area contributed by atoms with Crippen LogP contribution in [0.5, 0.6) is 0 Å². The van der Waals surface area contributed by atoms with Gasteiger partial charge >= 0.3 is 12.1 Å². The average molecular weight is 293 g/mol. The summed E-state index contributed by atoms with van der Waals surface area (Å²) in [5.41, 5.74) is 1.45. The minimum atomic E-state index is -0.938. The fourth-order valence-electron chi connectivity index (χ4n) is 1.78. The number of amides is 1. The van der Waals surface area contributed by atoms with Crippen LogP contribution in [0.2, 0.25) is 0 Å². The van der Waals surface area contributed by atoms with Gasteiger partial charge in [-0.25, -0.2) is 4.79 Å². The Labute approximate surface area is 125 Å². The van der Waals surface area contributed by atoms with E-state index < -0.39 is 23.6 Å². The summed E-state index contributed by atoms with van der Waals surface area (Å²) in [5.74, 6) is -1.62. The third kappa shape index (κ3) is 6.79. The van der Waals surface area contributed by atoms with Gasteiger partial charge in [0.25, 0.3) is 0 Å². The zero-order chi connectivity index (χ0) is 16.0. The smallest absolute Gasteiger partial charge is 0.407 e. The largest absolute Gasteiger partial charge is 0.481 e. The molecular formula is C16H23NO4. The van der Waals surface area contributed by atoms with Crippen LogP contribution >= 0.6 is 0 Å². The molecule has 1 amide bonds. The van der Waals surface area contributed by atoms with Crippen LogP contribution in [-0.4, -0.2) is 29.3 Å². The second kappa shape index (κ2) is 7.11. The van der Waals surface area contributed by atoms with Gasteiger partial charge in [0.2, 0.25) is 0 Å². The monoisotopic (exact) mass is 293 g/mol. The number of hydrogen-bond acceptors (Lipinski definition) is 3. The molecule has 0 fully saturated rings. The first-order chi connectivity index (χ1) is 9.67. The SMILES string of the molecule is Cc1ccc(C[C@@H](CNC(=O)OC(C)(C)C)C(=O)O)cc1. The van der Waals surface area contributed by atoms with E-state index in [0.717, 1.165) is 11.1 Å². The third-order valence-corrected chi connectivity index (χ3v) is 2.84. The maximum Gasteiger partial charge on any atom is 0.407 e. The van der Waals surface area contributed by atoms with E-state index in [-0.39, 0.29) is 6.54 Å². The molecule has 1 atom stereocenters. The van der Waals surface area contributed by atoms with E-state index in [0.29, 0.717) is 6.42 Å². The van der Waals surface area contributed by atoms with Crippen molar-refractivity contribution in [2.24, 2.45) is 5.92 Å². The predicted molar refractivity (Wildman–Crippen MR) is 80.2 cm³/mol. The van der Waals surface area contributed by atoms with Gasteiger partial charge in [-0.15, -0.1) is 0 Å². The van der Waals surface area contributed by atoms with Crippen LogP contribution < -0.4 is 5.32 Å². The molecule has 0 aliphatic carbocycles. The Kier molecular flexibility index (Phi) is 5.76. The minimum Gasteiger partial charge on any atom is -0.481 e. The number of carbonyl (C=O) groups is 2. The normalized spacial score (nSPS) is 12.6. The predicted octanol–water partition coefficient (Wildman–Crippen LogP) is 2.76. The molecule has 1 aromatic carbocycles. The van der Waals surface area contributed by atoms with Crippen LogP contribution in [-0.2, 0) is 16.0 Å². The van der Waals surface area contributed by atoms with Crippen molar-refractivity contribution in [3.63, 3.8) is 0 Å². The molecule has 0 spiro atoms. The summed E-state index contributed by atoms with van der Waals surface area (Å²) >= 11 is 0. The lowest BCUT2D eigenvalue weighted by molar-refractivity contribution is -0.141. The molecule has 116 valence electrons. The molecule has 2 N–H and O–H groups in total. The van der Waals surface area contributed by atoms with Crippen molar-refractivity contribution in [2.45, 2.75) is 39.7 Å². The van der Waals surface area contributed by atoms with Gasteiger partial charge in [-0.3, -0.25) is 4.79 Å². The van der Waals surface area contributed by atoms with Crippen molar-refractivity contribution < 1.29 is 19.4 Å². The van der Waals surface area contributed by atoms with Gasteiger partial charge in [0, 0.05) is 6.54 Å². The second-order valence-electron chi connectivity index (χ2n) is 6.11. The number of carbonyl (C=O) groups excluding carboxylic acids is 1. The second-order valence-corrected chi connectivity index (χ2v) is 6.11. The molecule has 0 aliphatic heterocycles. The van der Waals surface area contributed by atoms with Gasteiger partial charge in [0.1, 0.15) is 5.60 Å². The number of aryl methyl sites for hydroxylation is 1. The van der Waals surface area contributed by atoms with Crippen LogP contribution in [0.1, 0.15) is 31.9 Å². The Morgan fingerprint density at radius 2 is 1.81 bits per heavy atom. The molecule has 21 heavy (non-hydrogen) atoms. The molecule has 5 heteroatoms. The molecule has 1 aromatic rings. The number of benzene rings is 1. The number of carboxylic acids is 1. The van der Waals surface area contributed by atoms with E-state index in [1.54, 1.807) is 20.8 Å². The van der Waals surface area contributed by atoms with Crippen molar-refractivity contribution in [3.8, 4) is 0 Å². The summed E-state index contributed by atoms with van der Waals surface area (Å²) in [5, 5.41) is 11.8. The van der Waals surface area contributed by atoms with Crippen LogP contribution in [0, 0.1) is 12.8 Å². The van der Waals surface area contributed by atoms with Crippen molar-refractivity contribution in [1.29, 1.82) is 0 Å². The lowest BCUT2D eigenvalue weighted by Gasteiger charge is -2.21. The summed E-state index contributed by atoms with van der Waals surface area (Å²) in [6, 6.07) is 7.68. The van der Waals surface area contributed by atoms with E-state index in [9.17, 15) is 14.7 Å². The minimum absolute atomic E-state index is 0.0398. The summed E-state index contributed by atoms with van der Waals surface area (Å²) in [7, 11) is 0. The van der Waals surface area contributed by atoms with Crippen LogP contribution in [0.3, 0.4) is 0 Å². The Bertz CT molecular complexity index is 488. The molecule has 0 aliphatic rings. The Morgan fingerprint density at radius 1 is 1.24 bits per heavy atom. The highest BCUT2D eigenvalue weighted by molar-refractivity contribution is 5.73. The summed E-state index contributed by atoms with van der Waals surface area (Å²) < 4.78 is 5.09. The Hall–Kier alpha value is -2.04. The van der Waals surface area contributed by atoms with Crippen molar-refractivity contribution in [3.05, 3.63) is 35.4 Å². The molecule has 1 rings (SSSR count). The molecular weight excluding hydrogens is 270 g/mol. The summed E-state index contributed by atoms with van der Waals surface area (Å²) in [4.78, 5) is 22.8. The van der Waals surface area contributed by atoms with E-state index in [4.69, 9.17) is 4.74 Å². The van der Waals surface area contributed by atoms with Crippen LogP contribution in [0.15, 0.2) is 24.3 Å². The molecule has 0 unspecified atom stereocenters. The maximum atomic E-state index is 11.6. The molecule has 5 nitrogen and oxygen atoms in total. The molecule has 0 aromatic heterocycles. The van der Waals surface area contributed by atoms with E-state index in [1.807, 2.05) is 31.2 Å². The van der Waals surface area contributed by atoms with Gasteiger partial charge in [-0.1, -0.05) is 29.8 Å². The van der Waals surface area contributed by atoms with E-state index >= 15 is 0 Å². The molecule has 0 bridgehead atoms. The number of nitrogens with one attached hydrogen (secondary N) is 1. The van der Waals surface area contributed by atoms with Crippen molar-refractivity contribution in [1.82, 2.24) is 5.32 Å². The number of alkyl carbamates (subject to hydrolysis) is 1. The number of rotatable bonds is 5. The number of aliphatic carboxylic acids is 1. The van der Waals surface area contributed by atoms with Gasteiger partial charge in [-0.2, -0.15) is 0 Å². The number of carboxylic acid groups (broad SMARTS) is 1. The van der Waals surface area contributed by atoms with E-state index in [2.05, 4.69) is 5.32 Å². The molecule has 0 radical (unpaired) electrons. The fourth-order valence-corrected chi connectivity index (χ4v) is 1.78. The highest BCUT2D eigenvalue weighted by Gasteiger charge is 2.21. The van der Waals surface area contributed by atoms with Crippen molar-refractivity contribution in [2.75, 3.05) is 6.54 Å². The Balaban J connectivity index is 2.56. The van der Waals surface area contributed by atoms with Gasteiger partial charge in [0.05, 0.1) is 5.92 Å². The maximum absolute atomic E-state index is 11.6. The van der Waals surface area contributed by atoms with Gasteiger partial charge in [-0.05, 0) is 39.7 Å². The molecule has 0 heterocycles. The Morgan fingerprint density at radius 3 is 2.29 bits per heavy atom. The first-order valence-electron chi connectivity index (χ1n) is 6.92. The first-order valence-corrected chi connectivity index (χ1v) is 6.92. The molecule has 0 saturated heterocycles. The third-order valence-electron chi connectivity index (χ3n) is 2.84. The number of hydrogen-bond donors (Lipinski definition) is 2. The van der Waals surface area contributed by atoms with Gasteiger partial charge < -0.3 is 15.2 Å². The zero-order valence-electron chi connectivity index (χ0n) is 13.0. The molecule has 0 saturated carbocycles. The van der Waals surface area contributed by atoms with E-state index in [1.165, 1.54) is 0 Å². The average Bonchev–Trinajstić information content (AvgIpc) is 2.34. The van der Waals surface area contributed by atoms with Crippen LogP contribution in [0.4, 0.5) is 4.79 Å². The van der Waals surface area contributed by atoms with Crippen molar-refractivity contribution >= 4 is 12.1 Å².